The van der Waals surface area contributed by atoms with Crippen LogP contribution in [-0.4, -0.2) is 23.2 Å². The average molecular weight is 284 g/mol. The van der Waals surface area contributed by atoms with Gasteiger partial charge >= 0.3 is 0 Å². The molecule has 0 aromatic heterocycles. The van der Waals surface area contributed by atoms with Crippen molar-refractivity contribution in [1.29, 1.82) is 0 Å². The lowest BCUT2D eigenvalue weighted by Gasteiger charge is -2.15. The Hall–Kier alpha value is -1.06. The summed E-state index contributed by atoms with van der Waals surface area (Å²) in [6, 6.07) is 5.86. The maximum absolute atomic E-state index is 11.7. The van der Waals surface area contributed by atoms with Crippen LogP contribution in [0.2, 0.25) is 5.02 Å². The summed E-state index contributed by atoms with van der Waals surface area (Å²) in [5, 5.41) is 12.8. The van der Waals surface area contributed by atoms with E-state index in [4.69, 9.17) is 11.6 Å². The zero-order chi connectivity index (χ0) is 14.4. The van der Waals surface area contributed by atoms with E-state index in [2.05, 4.69) is 5.32 Å². The van der Waals surface area contributed by atoms with Gasteiger partial charge in [-0.2, -0.15) is 0 Å². The molecule has 2 N–H and O–H groups in total. The number of rotatable bonds is 6. The maximum atomic E-state index is 11.7. The Balaban J connectivity index is 2.39. The molecule has 0 bridgehead atoms. The molecule has 19 heavy (non-hydrogen) atoms. The Labute approximate surface area is 120 Å². The van der Waals surface area contributed by atoms with E-state index >= 15 is 0 Å². The number of halogens is 1. The second-order valence-corrected chi connectivity index (χ2v) is 5.54. The van der Waals surface area contributed by atoms with Crippen molar-refractivity contribution in [1.82, 2.24) is 5.32 Å². The van der Waals surface area contributed by atoms with Gasteiger partial charge in [0.25, 0.3) is 0 Å². The molecule has 0 aliphatic rings. The molecule has 0 saturated carbocycles. The van der Waals surface area contributed by atoms with Gasteiger partial charge in [-0.25, -0.2) is 0 Å². The number of carbonyl (C=O) groups excluding carboxylic acids is 1. The van der Waals surface area contributed by atoms with Crippen LogP contribution in [0.25, 0.3) is 0 Å². The summed E-state index contributed by atoms with van der Waals surface area (Å²) in [5.74, 6) is 0.00449. The molecular formula is C15H22ClNO2. The molecule has 1 aromatic carbocycles. The standard InChI is InChI=1S/C15H22ClNO2/c1-10-4-5-13(9-14(10)16)6-7-15(19)17-11(2)8-12(3)18/h4-5,9,11-12,18H,6-8H2,1-3H3,(H,17,19). The number of carbonyl (C=O) groups is 1. The maximum Gasteiger partial charge on any atom is 0.220 e. The van der Waals surface area contributed by atoms with Gasteiger partial charge in [0.2, 0.25) is 5.91 Å². The van der Waals surface area contributed by atoms with Crippen LogP contribution in [0.5, 0.6) is 0 Å². The molecule has 1 rings (SSSR count). The van der Waals surface area contributed by atoms with Crippen LogP contribution >= 0.6 is 11.6 Å². The average Bonchev–Trinajstić information content (AvgIpc) is 2.29. The third-order valence-corrected chi connectivity index (χ3v) is 3.39. The predicted octanol–water partition coefficient (Wildman–Crippen LogP) is 2.86. The van der Waals surface area contributed by atoms with Crippen LogP contribution in [0.15, 0.2) is 18.2 Å². The van der Waals surface area contributed by atoms with E-state index < -0.39 is 6.10 Å². The number of nitrogens with one attached hydrogen (secondary N) is 1. The molecule has 0 saturated heterocycles. The van der Waals surface area contributed by atoms with E-state index in [-0.39, 0.29) is 11.9 Å². The zero-order valence-corrected chi connectivity index (χ0v) is 12.5. The predicted molar refractivity (Wildman–Crippen MR) is 78.4 cm³/mol. The van der Waals surface area contributed by atoms with E-state index in [0.717, 1.165) is 16.1 Å². The van der Waals surface area contributed by atoms with Crippen molar-refractivity contribution >= 4 is 17.5 Å². The lowest BCUT2D eigenvalue weighted by molar-refractivity contribution is -0.121. The Kier molecular flexibility index (Phi) is 6.32. The largest absolute Gasteiger partial charge is 0.393 e. The van der Waals surface area contributed by atoms with E-state index in [9.17, 15) is 9.90 Å². The lowest BCUT2D eigenvalue weighted by atomic mass is 10.1. The first kappa shape index (κ1) is 16.0. The number of amides is 1. The van der Waals surface area contributed by atoms with Crippen LogP contribution < -0.4 is 5.32 Å². The molecule has 106 valence electrons. The fourth-order valence-electron chi connectivity index (χ4n) is 1.97. The first-order valence-electron chi connectivity index (χ1n) is 6.61. The van der Waals surface area contributed by atoms with Crippen molar-refractivity contribution in [2.75, 3.05) is 0 Å². The monoisotopic (exact) mass is 283 g/mol. The van der Waals surface area contributed by atoms with E-state index in [1.165, 1.54) is 0 Å². The van der Waals surface area contributed by atoms with Crippen molar-refractivity contribution in [2.24, 2.45) is 0 Å². The molecule has 0 heterocycles. The van der Waals surface area contributed by atoms with Gasteiger partial charge < -0.3 is 10.4 Å². The van der Waals surface area contributed by atoms with Gasteiger partial charge in [0.1, 0.15) is 0 Å². The number of aliphatic hydroxyl groups excluding tert-OH is 1. The van der Waals surface area contributed by atoms with Gasteiger partial charge in [0, 0.05) is 17.5 Å². The summed E-state index contributed by atoms with van der Waals surface area (Å²) in [6.07, 6.45) is 1.28. The second-order valence-electron chi connectivity index (χ2n) is 5.14. The fraction of sp³-hybridized carbons (Fsp3) is 0.533. The molecule has 0 fully saturated rings. The minimum absolute atomic E-state index is 0.00449. The number of aryl methyl sites for hydroxylation is 2. The summed E-state index contributed by atoms with van der Waals surface area (Å²) in [7, 11) is 0. The van der Waals surface area contributed by atoms with Crippen molar-refractivity contribution < 1.29 is 9.90 Å². The summed E-state index contributed by atoms with van der Waals surface area (Å²) in [4.78, 5) is 11.7. The first-order chi connectivity index (χ1) is 8.88. The number of hydrogen-bond acceptors (Lipinski definition) is 2. The number of aliphatic hydroxyl groups is 1. The van der Waals surface area contributed by atoms with Crippen LogP contribution in [0.4, 0.5) is 0 Å². The molecule has 1 aromatic rings. The summed E-state index contributed by atoms with van der Waals surface area (Å²) in [5.41, 5.74) is 2.11. The summed E-state index contributed by atoms with van der Waals surface area (Å²) < 4.78 is 0. The third kappa shape index (κ3) is 6.08. The van der Waals surface area contributed by atoms with Gasteiger partial charge in [-0.3, -0.25) is 4.79 Å². The fourth-order valence-corrected chi connectivity index (χ4v) is 2.17. The molecule has 0 aliphatic carbocycles. The Morgan fingerprint density at radius 1 is 1.42 bits per heavy atom. The lowest BCUT2D eigenvalue weighted by Crippen LogP contribution is -2.34. The molecular weight excluding hydrogens is 262 g/mol. The van der Waals surface area contributed by atoms with Crippen molar-refractivity contribution in [3.8, 4) is 0 Å². The van der Waals surface area contributed by atoms with Crippen molar-refractivity contribution in [2.45, 2.75) is 52.2 Å². The van der Waals surface area contributed by atoms with Gasteiger partial charge in [0.15, 0.2) is 0 Å². The molecule has 0 radical (unpaired) electrons. The molecule has 1 amide bonds. The topological polar surface area (TPSA) is 49.3 Å². The zero-order valence-electron chi connectivity index (χ0n) is 11.7. The van der Waals surface area contributed by atoms with Crippen LogP contribution in [-0.2, 0) is 11.2 Å². The molecule has 3 nitrogen and oxygen atoms in total. The molecule has 0 aliphatic heterocycles. The van der Waals surface area contributed by atoms with Crippen LogP contribution in [0.1, 0.15) is 37.8 Å². The normalized spacial score (nSPS) is 13.9. The van der Waals surface area contributed by atoms with Crippen LogP contribution in [0, 0.1) is 6.92 Å². The minimum atomic E-state index is -0.397. The Morgan fingerprint density at radius 3 is 2.68 bits per heavy atom. The third-order valence-electron chi connectivity index (χ3n) is 2.98. The van der Waals surface area contributed by atoms with E-state index in [0.29, 0.717) is 19.3 Å². The highest BCUT2D eigenvalue weighted by Gasteiger charge is 2.10. The van der Waals surface area contributed by atoms with E-state index in [1.54, 1.807) is 6.92 Å². The van der Waals surface area contributed by atoms with Gasteiger partial charge in [-0.15, -0.1) is 0 Å². The summed E-state index contributed by atoms with van der Waals surface area (Å²) >= 11 is 6.04. The Bertz CT molecular complexity index is 432. The Morgan fingerprint density at radius 2 is 2.11 bits per heavy atom. The highest BCUT2D eigenvalue weighted by molar-refractivity contribution is 6.31. The SMILES string of the molecule is Cc1ccc(CCC(=O)NC(C)CC(C)O)cc1Cl. The van der Waals surface area contributed by atoms with Crippen LogP contribution in [0.3, 0.4) is 0 Å². The second kappa shape index (κ2) is 7.51. The number of benzene rings is 1. The minimum Gasteiger partial charge on any atom is -0.393 e. The molecule has 4 heteroatoms. The van der Waals surface area contributed by atoms with Gasteiger partial charge in [-0.1, -0.05) is 23.7 Å². The van der Waals surface area contributed by atoms with Crippen molar-refractivity contribution in [3.05, 3.63) is 34.3 Å². The van der Waals surface area contributed by atoms with Crippen molar-refractivity contribution in [3.63, 3.8) is 0 Å². The quantitative estimate of drug-likeness (QED) is 0.843. The molecule has 2 unspecified atom stereocenters. The molecule has 2 atom stereocenters. The molecule has 0 spiro atoms. The number of hydrogen-bond donors (Lipinski definition) is 2. The highest BCUT2D eigenvalue weighted by atomic mass is 35.5. The van der Waals surface area contributed by atoms with Gasteiger partial charge in [0.05, 0.1) is 6.10 Å². The van der Waals surface area contributed by atoms with Gasteiger partial charge in [-0.05, 0) is 50.8 Å². The first-order valence-corrected chi connectivity index (χ1v) is 6.98. The highest BCUT2D eigenvalue weighted by Crippen LogP contribution is 2.17. The van der Waals surface area contributed by atoms with E-state index in [1.807, 2.05) is 32.0 Å². The summed E-state index contributed by atoms with van der Waals surface area (Å²) in [6.45, 7) is 5.57. The smallest absolute Gasteiger partial charge is 0.220 e.